The number of carbonyl (C=O) groups is 1. The minimum atomic E-state index is -4.61. The molecule has 9 heteroatoms. The summed E-state index contributed by atoms with van der Waals surface area (Å²) in [6, 6.07) is -0.888. The van der Waals surface area contributed by atoms with Gasteiger partial charge in [0.15, 0.2) is 0 Å². The fourth-order valence-electron chi connectivity index (χ4n) is 11.9. The molecule has 0 aliphatic heterocycles. The molecule has 0 saturated heterocycles. The second-order valence-electron chi connectivity index (χ2n) is 28.0. The van der Waals surface area contributed by atoms with Gasteiger partial charge in [0, 0.05) is 6.42 Å². The molecule has 0 aromatic carbocycles. The van der Waals surface area contributed by atoms with E-state index in [0.29, 0.717) is 17.4 Å². The van der Waals surface area contributed by atoms with E-state index >= 15 is 0 Å². The number of amides is 1. The molecule has 3 unspecified atom stereocenters. The quantitative estimate of drug-likeness (QED) is 0.0272. The molecular weight excluding hydrogens is 1130 g/mol. The number of nitrogens with one attached hydrogen (secondary N) is 1. The van der Waals surface area contributed by atoms with Gasteiger partial charge in [0.1, 0.15) is 13.2 Å². The number of unbranched alkanes of at least 4 members (excludes halogenated alkanes) is 50. The molecule has 0 aromatic heterocycles. The van der Waals surface area contributed by atoms with Crippen LogP contribution in [0.1, 0.15) is 386 Å². The third kappa shape index (κ3) is 73.4. The maximum atomic E-state index is 13.1. The molecule has 0 saturated carbocycles. The first kappa shape index (κ1) is 87.9. The summed E-state index contributed by atoms with van der Waals surface area (Å²) in [5.41, 5.74) is 0. The molecule has 528 valence electrons. The highest BCUT2D eigenvalue weighted by Gasteiger charge is 2.23. The van der Waals surface area contributed by atoms with Crippen molar-refractivity contribution in [3.63, 3.8) is 0 Å². The Bertz CT molecular complexity index is 1700. The number of quaternary nitrogens is 1. The Morgan fingerprint density at radius 1 is 0.400 bits per heavy atom. The minimum Gasteiger partial charge on any atom is -0.756 e. The van der Waals surface area contributed by atoms with Gasteiger partial charge in [0.25, 0.3) is 7.82 Å². The number of phosphoric ester groups is 1. The molecule has 3 atom stereocenters. The monoisotopic (exact) mass is 1280 g/mol. The van der Waals surface area contributed by atoms with Crippen molar-refractivity contribution in [1.82, 2.24) is 5.32 Å². The highest BCUT2D eigenvalue weighted by atomic mass is 31.2. The molecule has 8 nitrogen and oxygen atoms in total. The van der Waals surface area contributed by atoms with E-state index in [2.05, 4.69) is 79.9 Å². The fourth-order valence-corrected chi connectivity index (χ4v) is 12.6. The number of phosphoric acid groups is 1. The van der Waals surface area contributed by atoms with Crippen molar-refractivity contribution >= 4 is 13.7 Å². The van der Waals surface area contributed by atoms with Gasteiger partial charge in [-0.15, -0.1) is 0 Å². The molecular formula is C81H153N2O6P. The van der Waals surface area contributed by atoms with Crippen LogP contribution in [0.3, 0.4) is 0 Å². The summed E-state index contributed by atoms with van der Waals surface area (Å²) in [4.78, 5) is 25.7. The second-order valence-corrected chi connectivity index (χ2v) is 29.5. The lowest BCUT2D eigenvalue weighted by atomic mass is 10.0. The number of likely N-dealkylation sites (N-methyl/N-ethyl adjacent to an activating group) is 1. The average molecular weight is 1280 g/mol. The van der Waals surface area contributed by atoms with Crippen molar-refractivity contribution in [2.45, 2.75) is 398 Å². The predicted octanol–water partition coefficient (Wildman–Crippen LogP) is 25.0. The molecule has 0 radical (unpaired) electrons. The molecule has 0 aromatic rings. The van der Waals surface area contributed by atoms with Crippen LogP contribution in [0.2, 0.25) is 0 Å². The van der Waals surface area contributed by atoms with Gasteiger partial charge in [-0.3, -0.25) is 9.36 Å². The van der Waals surface area contributed by atoms with Crippen LogP contribution in [0.4, 0.5) is 0 Å². The Morgan fingerprint density at radius 2 is 0.678 bits per heavy atom. The summed E-state index contributed by atoms with van der Waals surface area (Å²) >= 11 is 0. The van der Waals surface area contributed by atoms with Crippen molar-refractivity contribution in [1.29, 1.82) is 0 Å². The van der Waals surface area contributed by atoms with E-state index in [1.165, 1.54) is 295 Å². The van der Waals surface area contributed by atoms with Gasteiger partial charge in [-0.2, -0.15) is 0 Å². The number of allylic oxidation sites excluding steroid dienone is 11. The number of hydrogen-bond acceptors (Lipinski definition) is 6. The van der Waals surface area contributed by atoms with Crippen LogP contribution in [0, 0.1) is 0 Å². The van der Waals surface area contributed by atoms with Gasteiger partial charge >= 0.3 is 0 Å². The van der Waals surface area contributed by atoms with Crippen molar-refractivity contribution < 1.29 is 32.9 Å². The van der Waals surface area contributed by atoms with Gasteiger partial charge in [-0.25, -0.2) is 0 Å². The SMILES string of the molecule is CC/C=C\C/C=C\C/C=C\C/C=C\C/C=C\CCCCCCCCCCCCCCCCCCCCCCCCCCCC(=O)NC(COP(=O)([O-])OCC[N+](C)(C)C)C(O)/C=C/CCCCCCCCCCCCCCCCCCCCCCCCCCC. The van der Waals surface area contributed by atoms with Crippen LogP contribution in [-0.4, -0.2) is 68.5 Å². The third-order valence-electron chi connectivity index (χ3n) is 17.9. The first-order valence-electron chi connectivity index (χ1n) is 39.3. The number of carbonyl (C=O) groups excluding carboxylic acids is 1. The molecule has 0 heterocycles. The van der Waals surface area contributed by atoms with E-state index in [1.54, 1.807) is 6.08 Å². The lowest BCUT2D eigenvalue weighted by Gasteiger charge is -2.29. The van der Waals surface area contributed by atoms with E-state index in [4.69, 9.17) is 9.05 Å². The Morgan fingerprint density at radius 3 is 0.989 bits per heavy atom. The standard InChI is InChI=1S/C81H153N2O6P/c1-6-8-10-12-14-16-18-20-22-24-26-28-30-32-34-35-36-37-38-39-40-41-42-43-44-45-46-47-49-51-53-55-57-59-61-63-65-67-69-71-73-75-81(85)82-79(78-89-90(86,87)88-77-76-83(3,4)5)80(84)74-72-70-68-66-64-62-60-58-56-54-52-50-48-33-31-29-27-25-23-21-19-17-15-13-11-9-7-2/h8,10,14,16,20,22,26,28,32,34,72,74,79-80,84H,6-7,9,11-13,15,17-19,21,23-25,27,29-31,33,35-71,73,75-78H2,1-5H3,(H-,82,85,86,87)/b10-8-,16-14-,22-20-,28-26-,34-32-,74-72+. The van der Waals surface area contributed by atoms with Gasteiger partial charge in [0.05, 0.1) is 39.9 Å². The van der Waals surface area contributed by atoms with Crippen LogP contribution < -0.4 is 10.2 Å². The molecule has 0 fully saturated rings. The molecule has 2 N–H and O–H groups in total. The summed E-state index contributed by atoms with van der Waals surface area (Å²) < 4.78 is 23.5. The first-order chi connectivity index (χ1) is 44.0. The summed E-state index contributed by atoms with van der Waals surface area (Å²) in [6.45, 7) is 4.59. The van der Waals surface area contributed by atoms with Crippen LogP contribution in [0.25, 0.3) is 0 Å². The van der Waals surface area contributed by atoms with Crippen LogP contribution >= 0.6 is 7.82 Å². The van der Waals surface area contributed by atoms with Crippen molar-refractivity contribution in [2.75, 3.05) is 40.9 Å². The topological polar surface area (TPSA) is 108 Å². The van der Waals surface area contributed by atoms with E-state index in [0.717, 1.165) is 70.6 Å². The fraction of sp³-hybridized carbons (Fsp3) is 0.840. The van der Waals surface area contributed by atoms with Crippen molar-refractivity contribution in [3.8, 4) is 0 Å². The predicted molar refractivity (Wildman–Crippen MR) is 394 cm³/mol. The molecule has 0 aliphatic carbocycles. The first-order valence-corrected chi connectivity index (χ1v) is 40.8. The Balaban J connectivity index is 3.93. The van der Waals surface area contributed by atoms with Gasteiger partial charge < -0.3 is 28.8 Å². The van der Waals surface area contributed by atoms with E-state index in [-0.39, 0.29) is 19.1 Å². The Labute approximate surface area is 561 Å². The van der Waals surface area contributed by atoms with Crippen LogP contribution in [-0.2, 0) is 18.4 Å². The van der Waals surface area contributed by atoms with Crippen LogP contribution in [0.5, 0.6) is 0 Å². The Kier molecular flexibility index (Phi) is 69.6. The molecule has 0 bridgehead atoms. The number of hydrogen-bond donors (Lipinski definition) is 2. The van der Waals surface area contributed by atoms with Crippen molar-refractivity contribution in [2.24, 2.45) is 0 Å². The lowest BCUT2D eigenvalue weighted by molar-refractivity contribution is -0.870. The van der Waals surface area contributed by atoms with Gasteiger partial charge in [0.2, 0.25) is 5.91 Å². The third-order valence-corrected chi connectivity index (χ3v) is 18.9. The molecule has 90 heavy (non-hydrogen) atoms. The summed E-state index contributed by atoms with van der Waals surface area (Å²) in [5.74, 6) is -0.190. The van der Waals surface area contributed by atoms with E-state index < -0.39 is 20.0 Å². The van der Waals surface area contributed by atoms with Crippen LogP contribution in [0.15, 0.2) is 72.9 Å². The lowest BCUT2D eigenvalue weighted by Crippen LogP contribution is -2.45. The molecule has 0 rings (SSSR count). The zero-order valence-electron chi connectivity index (χ0n) is 60.6. The molecule has 0 spiro atoms. The smallest absolute Gasteiger partial charge is 0.268 e. The van der Waals surface area contributed by atoms with Gasteiger partial charge in [-0.05, 0) is 64.2 Å². The zero-order chi connectivity index (χ0) is 65.5. The number of rotatable bonds is 73. The second kappa shape index (κ2) is 71.2. The van der Waals surface area contributed by atoms with E-state index in [9.17, 15) is 19.4 Å². The normalized spacial score (nSPS) is 13.9. The number of nitrogens with zero attached hydrogens (tertiary/aromatic N) is 1. The van der Waals surface area contributed by atoms with Gasteiger partial charge in [-0.1, -0.05) is 389 Å². The molecule has 0 aliphatic rings. The van der Waals surface area contributed by atoms with Crippen molar-refractivity contribution in [3.05, 3.63) is 72.9 Å². The molecule has 1 amide bonds. The Hall–Kier alpha value is -2.06. The van der Waals surface area contributed by atoms with E-state index in [1.807, 2.05) is 27.2 Å². The maximum absolute atomic E-state index is 13.1. The summed E-state index contributed by atoms with van der Waals surface area (Å²) in [5, 5.41) is 14.0. The average Bonchev–Trinajstić information content (AvgIpc) is 3.09. The highest BCUT2D eigenvalue weighted by Crippen LogP contribution is 2.38. The minimum absolute atomic E-state index is 0.000297. The maximum Gasteiger partial charge on any atom is 0.268 e. The summed E-state index contributed by atoms with van der Waals surface area (Å²) in [7, 11) is 1.28. The number of aliphatic hydroxyl groups is 1. The highest BCUT2D eigenvalue weighted by molar-refractivity contribution is 7.45. The zero-order valence-corrected chi connectivity index (χ0v) is 61.5. The summed E-state index contributed by atoms with van der Waals surface area (Å²) in [6.07, 6.45) is 101. The number of aliphatic hydroxyl groups excluding tert-OH is 1. The largest absolute Gasteiger partial charge is 0.756 e.